The lowest BCUT2D eigenvalue weighted by atomic mass is 9.95. The second-order valence-electron chi connectivity index (χ2n) is 7.51. The summed E-state index contributed by atoms with van der Waals surface area (Å²) in [4.78, 5) is 29.4. The second kappa shape index (κ2) is 9.18. The van der Waals surface area contributed by atoms with Crippen molar-refractivity contribution in [3.8, 4) is 0 Å². The van der Waals surface area contributed by atoms with Crippen molar-refractivity contribution in [2.45, 2.75) is 6.04 Å². The number of Topliss-reactive ketones (excluding diaryl/α,β-unsaturated/α-hetero) is 1. The van der Waals surface area contributed by atoms with Crippen LogP contribution in [-0.2, 0) is 14.3 Å². The van der Waals surface area contributed by atoms with Crippen molar-refractivity contribution < 1.29 is 23.8 Å². The molecule has 0 aliphatic carbocycles. The molecule has 31 heavy (non-hydrogen) atoms. The van der Waals surface area contributed by atoms with E-state index >= 15 is 0 Å². The molecule has 0 spiro atoms. The van der Waals surface area contributed by atoms with Gasteiger partial charge >= 0.3 is 0 Å². The van der Waals surface area contributed by atoms with Crippen molar-refractivity contribution in [3.63, 3.8) is 0 Å². The number of hydrogen-bond donors (Lipinski definition) is 1. The zero-order valence-corrected chi connectivity index (χ0v) is 17.5. The zero-order valence-electron chi connectivity index (χ0n) is 16.8. The van der Waals surface area contributed by atoms with Gasteiger partial charge in [-0.25, -0.2) is 4.39 Å². The van der Waals surface area contributed by atoms with E-state index in [1.807, 2.05) is 0 Å². The van der Waals surface area contributed by atoms with E-state index in [1.165, 1.54) is 23.1 Å². The van der Waals surface area contributed by atoms with E-state index in [0.717, 1.165) is 13.1 Å². The van der Waals surface area contributed by atoms with Crippen LogP contribution in [0.1, 0.15) is 17.2 Å². The maximum absolute atomic E-state index is 14.0. The summed E-state index contributed by atoms with van der Waals surface area (Å²) in [5, 5.41) is 11.4. The molecule has 0 bridgehead atoms. The first-order valence-electron chi connectivity index (χ1n) is 10.1. The Morgan fingerprint density at radius 3 is 2.48 bits per heavy atom. The number of carbonyl (C=O) groups excluding carboxylic acids is 2. The number of halogens is 2. The molecule has 2 aromatic rings. The minimum atomic E-state index is -0.882. The third-order valence-electron chi connectivity index (χ3n) is 5.58. The Morgan fingerprint density at radius 1 is 1.10 bits per heavy atom. The fourth-order valence-electron chi connectivity index (χ4n) is 3.97. The van der Waals surface area contributed by atoms with E-state index < -0.39 is 23.5 Å². The molecule has 0 aromatic heterocycles. The van der Waals surface area contributed by atoms with Crippen LogP contribution in [0, 0.1) is 5.82 Å². The number of hydrogen-bond acceptors (Lipinski definition) is 5. The van der Waals surface area contributed by atoms with Gasteiger partial charge < -0.3 is 14.7 Å². The van der Waals surface area contributed by atoms with Gasteiger partial charge in [0.15, 0.2) is 0 Å². The van der Waals surface area contributed by atoms with Crippen LogP contribution in [0.2, 0.25) is 5.02 Å². The number of aliphatic hydroxyl groups excluding tert-OH is 1. The van der Waals surface area contributed by atoms with Gasteiger partial charge in [0.05, 0.1) is 24.8 Å². The van der Waals surface area contributed by atoms with Crippen molar-refractivity contribution in [1.29, 1.82) is 0 Å². The van der Waals surface area contributed by atoms with Gasteiger partial charge in [-0.1, -0.05) is 23.7 Å². The molecule has 162 valence electrons. The highest BCUT2D eigenvalue weighted by molar-refractivity contribution is 6.46. The van der Waals surface area contributed by atoms with Gasteiger partial charge in [0.2, 0.25) is 0 Å². The molecule has 8 heteroatoms. The Hall–Kier alpha value is -2.74. The normalized spacial score (nSPS) is 21.6. The Bertz CT molecular complexity index is 1020. The van der Waals surface area contributed by atoms with Gasteiger partial charge in [-0.05, 0) is 42.0 Å². The van der Waals surface area contributed by atoms with E-state index in [4.69, 9.17) is 16.3 Å². The molecule has 0 unspecified atom stereocenters. The number of ether oxygens (including phenoxy) is 1. The number of rotatable bonds is 5. The highest BCUT2D eigenvalue weighted by atomic mass is 35.5. The van der Waals surface area contributed by atoms with E-state index in [2.05, 4.69) is 4.90 Å². The first kappa shape index (κ1) is 21.5. The van der Waals surface area contributed by atoms with Gasteiger partial charge in [0.1, 0.15) is 11.6 Å². The molecule has 1 amide bonds. The van der Waals surface area contributed by atoms with Gasteiger partial charge in [-0.2, -0.15) is 0 Å². The molecule has 2 saturated heterocycles. The molecule has 2 fully saturated rings. The lowest BCUT2D eigenvalue weighted by Crippen LogP contribution is -2.42. The minimum absolute atomic E-state index is 0.0556. The number of morpholine rings is 1. The quantitative estimate of drug-likeness (QED) is 0.435. The standard InChI is InChI=1S/C23H22ClFN2O4/c24-17-6-4-15(5-7-17)21(28)19-20(16-2-1-3-18(25)14-16)27(23(30)22(19)29)9-8-26-10-12-31-13-11-26/h1-7,14,20,28H,8-13H2/t20-/m0/s1. The smallest absolute Gasteiger partial charge is 0.295 e. The van der Waals surface area contributed by atoms with Crippen molar-refractivity contribution in [2.75, 3.05) is 39.4 Å². The van der Waals surface area contributed by atoms with E-state index in [9.17, 15) is 19.1 Å². The number of nitrogens with zero attached hydrogens (tertiary/aromatic N) is 2. The van der Waals surface area contributed by atoms with Crippen LogP contribution in [0.25, 0.3) is 5.76 Å². The largest absolute Gasteiger partial charge is 0.507 e. The first-order valence-corrected chi connectivity index (χ1v) is 10.4. The van der Waals surface area contributed by atoms with Crippen LogP contribution in [-0.4, -0.2) is 66.0 Å². The highest BCUT2D eigenvalue weighted by Gasteiger charge is 2.46. The molecule has 2 aromatic carbocycles. The second-order valence-corrected chi connectivity index (χ2v) is 7.94. The fourth-order valence-corrected chi connectivity index (χ4v) is 4.10. The van der Waals surface area contributed by atoms with Crippen LogP contribution in [0.15, 0.2) is 54.1 Å². The molecule has 1 N–H and O–H groups in total. The SMILES string of the molecule is O=C1C(=O)N(CCN2CCOCC2)[C@@H](c2cccc(F)c2)C1=C(O)c1ccc(Cl)cc1. The van der Waals surface area contributed by atoms with Gasteiger partial charge in [-0.15, -0.1) is 0 Å². The molecule has 2 aliphatic rings. The number of amides is 1. The molecular weight excluding hydrogens is 423 g/mol. The predicted molar refractivity (Wildman–Crippen MR) is 114 cm³/mol. The molecule has 1 atom stereocenters. The molecule has 4 rings (SSSR count). The summed E-state index contributed by atoms with van der Waals surface area (Å²) in [7, 11) is 0. The fraction of sp³-hybridized carbons (Fsp3) is 0.304. The summed E-state index contributed by atoms with van der Waals surface area (Å²) in [5.74, 6) is -2.29. The Kier molecular flexibility index (Phi) is 6.36. The number of likely N-dealkylation sites (tertiary alicyclic amines) is 1. The van der Waals surface area contributed by atoms with Crippen LogP contribution in [0.4, 0.5) is 4.39 Å². The van der Waals surface area contributed by atoms with Crippen LogP contribution in [0.5, 0.6) is 0 Å². The van der Waals surface area contributed by atoms with Crippen molar-refractivity contribution in [3.05, 3.63) is 76.1 Å². The lowest BCUT2D eigenvalue weighted by Gasteiger charge is -2.31. The maximum atomic E-state index is 14.0. The molecule has 6 nitrogen and oxygen atoms in total. The third kappa shape index (κ3) is 4.49. The number of ketones is 1. The summed E-state index contributed by atoms with van der Waals surface area (Å²) >= 11 is 5.93. The summed E-state index contributed by atoms with van der Waals surface area (Å²) in [5.41, 5.74) is 0.730. The van der Waals surface area contributed by atoms with Crippen molar-refractivity contribution in [1.82, 2.24) is 9.80 Å². The average Bonchev–Trinajstić information content (AvgIpc) is 3.03. The average molecular weight is 445 g/mol. The Balaban J connectivity index is 1.73. The molecule has 0 radical (unpaired) electrons. The van der Waals surface area contributed by atoms with E-state index in [0.29, 0.717) is 35.9 Å². The summed E-state index contributed by atoms with van der Waals surface area (Å²) in [6.45, 7) is 3.51. The lowest BCUT2D eigenvalue weighted by molar-refractivity contribution is -0.140. The minimum Gasteiger partial charge on any atom is -0.507 e. The Labute approximate surface area is 184 Å². The van der Waals surface area contributed by atoms with Gasteiger partial charge in [-0.3, -0.25) is 14.5 Å². The highest BCUT2D eigenvalue weighted by Crippen LogP contribution is 2.39. The van der Waals surface area contributed by atoms with E-state index in [1.54, 1.807) is 30.3 Å². The van der Waals surface area contributed by atoms with Crippen LogP contribution < -0.4 is 0 Å². The van der Waals surface area contributed by atoms with E-state index in [-0.39, 0.29) is 17.9 Å². The number of aliphatic hydroxyl groups is 1. The van der Waals surface area contributed by atoms with Crippen molar-refractivity contribution in [2.24, 2.45) is 0 Å². The first-order chi connectivity index (χ1) is 15.0. The molecule has 0 saturated carbocycles. The maximum Gasteiger partial charge on any atom is 0.295 e. The summed E-state index contributed by atoms with van der Waals surface area (Å²) in [6.07, 6.45) is 0. The molecule has 2 heterocycles. The Morgan fingerprint density at radius 2 is 1.81 bits per heavy atom. The number of benzene rings is 2. The summed E-state index contributed by atoms with van der Waals surface area (Å²) in [6, 6.07) is 11.2. The number of carbonyl (C=O) groups is 2. The predicted octanol–water partition coefficient (Wildman–Crippen LogP) is 3.23. The van der Waals surface area contributed by atoms with Crippen LogP contribution >= 0.6 is 11.6 Å². The topological polar surface area (TPSA) is 70.1 Å². The van der Waals surface area contributed by atoms with Crippen LogP contribution in [0.3, 0.4) is 0 Å². The van der Waals surface area contributed by atoms with Crippen molar-refractivity contribution >= 4 is 29.1 Å². The van der Waals surface area contributed by atoms with Gasteiger partial charge in [0.25, 0.3) is 11.7 Å². The zero-order chi connectivity index (χ0) is 22.0. The third-order valence-corrected chi connectivity index (χ3v) is 5.83. The van der Waals surface area contributed by atoms with Gasteiger partial charge in [0, 0.05) is 36.8 Å². The summed E-state index contributed by atoms with van der Waals surface area (Å²) < 4.78 is 19.4. The monoisotopic (exact) mass is 444 g/mol. The molecule has 2 aliphatic heterocycles. The molecular formula is C23H22ClFN2O4.